The van der Waals surface area contributed by atoms with Crippen molar-refractivity contribution in [3.05, 3.63) is 71.2 Å². The van der Waals surface area contributed by atoms with Crippen molar-refractivity contribution in [3.8, 4) is 11.3 Å². The average molecular weight is 570 g/mol. The van der Waals surface area contributed by atoms with E-state index in [1.165, 1.54) is 6.20 Å². The van der Waals surface area contributed by atoms with Gasteiger partial charge in [0, 0.05) is 12.2 Å². The molecule has 0 unspecified atom stereocenters. The van der Waals surface area contributed by atoms with Crippen LogP contribution in [0.4, 0.5) is 13.2 Å². The lowest BCUT2D eigenvalue weighted by molar-refractivity contribution is -0.179. The summed E-state index contributed by atoms with van der Waals surface area (Å²) in [6, 6.07) is 7.50. The molecule has 212 valence electrons. The SMILES string of the molecule is CC(C)(O)[C@@H](S[C@@H]1O[C@H](CO)[C@H](O)[C@H](n2cc(-c3cc(F)c(F)c(F)c3)nn2)[C@H]1O)c1ccccc1CCO. The van der Waals surface area contributed by atoms with Crippen molar-refractivity contribution in [2.75, 3.05) is 13.2 Å². The summed E-state index contributed by atoms with van der Waals surface area (Å²) in [5, 5.41) is 59.8. The molecule has 0 spiro atoms. The minimum absolute atomic E-state index is 0.0456. The van der Waals surface area contributed by atoms with Gasteiger partial charge in [-0.3, -0.25) is 0 Å². The molecule has 1 aliphatic rings. The number of aromatic nitrogens is 3. The highest BCUT2D eigenvalue weighted by Crippen LogP contribution is 2.46. The number of rotatable bonds is 9. The van der Waals surface area contributed by atoms with Crippen molar-refractivity contribution >= 4 is 11.8 Å². The van der Waals surface area contributed by atoms with Gasteiger partial charge in [-0.1, -0.05) is 29.5 Å². The molecule has 2 aromatic carbocycles. The Morgan fingerprint density at radius 3 is 2.36 bits per heavy atom. The Hall–Kier alpha value is -2.52. The summed E-state index contributed by atoms with van der Waals surface area (Å²) in [6.07, 6.45) is -2.49. The van der Waals surface area contributed by atoms with Gasteiger partial charge in [0.25, 0.3) is 0 Å². The summed E-state index contributed by atoms with van der Waals surface area (Å²) in [5.74, 6) is -4.46. The Labute approximate surface area is 226 Å². The fourth-order valence-corrected chi connectivity index (χ4v) is 6.15. The molecule has 1 aliphatic heterocycles. The fourth-order valence-electron chi connectivity index (χ4n) is 4.64. The molecular weight excluding hydrogens is 539 g/mol. The third-order valence-electron chi connectivity index (χ3n) is 6.57. The lowest BCUT2D eigenvalue weighted by Gasteiger charge is -2.44. The number of thioether (sulfide) groups is 1. The molecule has 0 aliphatic carbocycles. The second kappa shape index (κ2) is 11.9. The van der Waals surface area contributed by atoms with Gasteiger partial charge in [-0.25, -0.2) is 17.9 Å². The van der Waals surface area contributed by atoms with E-state index in [9.17, 15) is 38.7 Å². The van der Waals surface area contributed by atoms with Gasteiger partial charge < -0.3 is 30.3 Å². The molecule has 0 saturated carbocycles. The van der Waals surface area contributed by atoms with Crippen LogP contribution in [0.2, 0.25) is 0 Å². The van der Waals surface area contributed by atoms with Crippen molar-refractivity contribution in [1.82, 2.24) is 15.0 Å². The molecule has 5 N–H and O–H groups in total. The molecule has 1 saturated heterocycles. The van der Waals surface area contributed by atoms with Crippen LogP contribution in [-0.4, -0.2) is 83.1 Å². The molecule has 4 rings (SSSR count). The zero-order valence-electron chi connectivity index (χ0n) is 21.2. The fraction of sp³-hybridized carbons (Fsp3) is 0.462. The minimum atomic E-state index is -1.63. The molecule has 1 fully saturated rings. The molecule has 9 nitrogen and oxygen atoms in total. The van der Waals surface area contributed by atoms with E-state index in [0.717, 1.165) is 34.1 Å². The predicted molar refractivity (Wildman–Crippen MR) is 136 cm³/mol. The maximum atomic E-state index is 13.8. The van der Waals surface area contributed by atoms with E-state index in [2.05, 4.69) is 10.3 Å². The summed E-state index contributed by atoms with van der Waals surface area (Å²) in [4.78, 5) is 0. The number of hydrogen-bond acceptors (Lipinski definition) is 9. The lowest BCUT2D eigenvalue weighted by atomic mass is 9.93. The first-order valence-electron chi connectivity index (χ1n) is 12.2. The number of ether oxygens (including phenoxy) is 1. The molecule has 2 heterocycles. The summed E-state index contributed by atoms with van der Waals surface area (Å²) in [7, 11) is 0. The third kappa shape index (κ3) is 6.14. The molecule has 13 heteroatoms. The highest BCUT2D eigenvalue weighted by atomic mass is 32.2. The second-order valence-electron chi connectivity index (χ2n) is 9.88. The summed E-state index contributed by atoms with van der Waals surface area (Å²) < 4.78 is 47.9. The van der Waals surface area contributed by atoms with Crippen LogP contribution in [0.15, 0.2) is 42.6 Å². The van der Waals surface area contributed by atoms with Crippen LogP contribution < -0.4 is 0 Å². The molecule has 0 radical (unpaired) electrons. The van der Waals surface area contributed by atoms with Crippen molar-refractivity contribution in [2.24, 2.45) is 0 Å². The number of aliphatic hydroxyl groups excluding tert-OH is 4. The van der Waals surface area contributed by atoms with E-state index >= 15 is 0 Å². The Kier molecular flexibility index (Phi) is 9.01. The number of nitrogens with zero attached hydrogens (tertiary/aromatic N) is 3. The topological polar surface area (TPSA) is 141 Å². The van der Waals surface area contributed by atoms with E-state index in [1.54, 1.807) is 26.0 Å². The van der Waals surface area contributed by atoms with Gasteiger partial charge in [-0.15, -0.1) is 16.9 Å². The van der Waals surface area contributed by atoms with E-state index in [4.69, 9.17) is 4.74 Å². The maximum Gasteiger partial charge on any atom is 0.194 e. The van der Waals surface area contributed by atoms with Crippen LogP contribution in [0.5, 0.6) is 0 Å². The van der Waals surface area contributed by atoms with Crippen LogP contribution >= 0.6 is 11.8 Å². The standard InChI is InChI=1S/C26H30F3N3O6S/c1-26(2,37)24(15-6-4-3-5-13(15)7-8-33)39-25-23(36)21(22(35)19(12-34)38-25)32-11-18(30-31-32)14-9-16(27)20(29)17(28)10-14/h3-6,9-11,19,21-25,33-37H,7-8,12H2,1-2H3/t19-,21+,22+,23-,24+,25+/m1/s1. The summed E-state index contributed by atoms with van der Waals surface area (Å²) >= 11 is 1.07. The largest absolute Gasteiger partial charge is 0.396 e. The average Bonchev–Trinajstić information content (AvgIpc) is 3.36. The molecule has 0 amide bonds. The first kappa shape index (κ1) is 29.5. The van der Waals surface area contributed by atoms with Gasteiger partial charge in [0.2, 0.25) is 0 Å². The van der Waals surface area contributed by atoms with Gasteiger partial charge in [-0.05, 0) is 43.5 Å². The highest BCUT2D eigenvalue weighted by molar-refractivity contribution is 8.00. The van der Waals surface area contributed by atoms with Crippen molar-refractivity contribution in [1.29, 1.82) is 0 Å². The molecular formula is C26H30F3N3O6S. The zero-order valence-corrected chi connectivity index (χ0v) is 22.0. The summed E-state index contributed by atoms with van der Waals surface area (Å²) in [6.45, 7) is 2.47. The van der Waals surface area contributed by atoms with Crippen molar-refractivity contribution in [2.45, 2.75) is 60.9 Å². The van der Waals surface area contributed by atoms with Gasteiger partial charge in [0.15, 0.2) is 17.5 Å². The Morgan fingerprint density at radius 2 is 1.74 bits per heavy atom. The quantitative estimate of drug-likeness (QED) is 0.245. The maximum absolute atomic E-state index is 13.8. The predicted octanol–water partition coefficient (Wildman–Crippen LogP) is 2.12. The lowest BCUT2D eigenvalue weighted by Crippen LogP contribution is -2.55. The van der Waals surface area contributed by atoms with E-state index in [0.29, 0.717) is 12.0 Å². The number of hydrogen-bond donors (Lipinski definition) is 5. The Bertz CT molecular complexity index is 1270. The molecule has 0 bridgehead atoms. The Morgan fingerprint density at radius 1 is 1.08 bits per heavy atom. The van der Waals surface area contributed by atoms with Gasteiger partial charge in [0.1, 0.15) is 35.5 Å². The number of halogens is 3. The minimum Gasteiger partial charge on any atom is -0.396 e. The van der Waals surface area contributed by atoms with Crippen LogP contribution in [-0.2, 0) is 11.2 Å². The monoisotopic (exact) mass is 569 g/mol. The second-order valence-corrected chi connectivity index (χ2v) is 11.1. The smallest absolute Gasteiger partial charge is 0.194 e. The van der Waals surface area contributed by atoms with Crippen LogP contribution in [0.3, 0.4) is 0 Å². The first-order valence-corrected chi connectivity index (χ1v) is 13.2. The summed E-state index contributed by atoms with van der Waals surface area (Å²) in [5.41, 5.74) is -1.05. The van der Waals surface area contributed by atoms with Crippen molar-refractivity contribution < 1.29 is 43.4 Å². The van der Waals surface area contributed by atoms with E-state index in [-0.39, 0.29) is 17.9 Å². The van der Waals surface area contributed by atoms with Crippen LogP contribution in [0, 0.1) is 17.5 Å². The molecule has 1 aromatic heterocycles. The van der Waals surface area contributed by atoms with Crippen molar-refractivity contribution in [3.63, 3.8) is 0 Å². The normalized spacial score (nSPS) is 24.6. The number of aliphatic hydroxyl groups is 5. The van der Waals surface area contributed by atoms with Gasteiger partial charge in [0.05, 0.1) is 23.7 Å². The van der Waals surface area contributed by atoms with E-state index in [1.807, 2.05) is 12.1 Å². The Balaban J connectivity index is 1.67. The highest BCUT2D eigenvalue weighted by Gasteiger charge is 2.48. The van der Waals surface area contributed by atoms with Crippen LogP contribution in [0.25, 0.3) is 11.3 Å². The van der Waals surface area contributed by atoms with Gasteiger partial charge >= 0.3 is 0 Å². The van der Waals surface area contributed by atoms with Crippen LogP contribution in [0.1, 0.15) is 36.3 Å². The van der Waals surface area contributed by atoms with Gasteiger partial charge in [-0.2, -0.15) is 0 Å². The third-order valence-corrected chi connectivity index (χ3v) is 8.34. The number of benzene rings is 2. The zero-order chi connectivity index (χ0) is 28.5. The first-order chi connectivity index (χ1) is 18.5. The molecule has 39 heavy (non-hydrogen) atoms. The van der Waals surface area contributed by atoms with E-state index < -0.39 is 64.7 Å². The molecule has 3 aromatic rings. The molecule has 6 atom stereocenters.